The maximum Gasteiger partial charge on any atom is 1.00 e. The second-order valence-corrected chi connectivity index (χ2v) is 4.07. The van der Waals surface area contributed by atoms with Crippen molar-refractivity contribution in [2.75, 3.05) is 0 Å². The number of hydrogen-bond acceptors (Lipinski definition) is 0. The van der Waals surface area contributed by atoms with Crippen LogP contribution in [0.15, 0.2) is 42.5 Å². The van der Waals surface area contributed by atoms with Crippen LogP contribution in [0.1, 0.15) is 37.3 Å². The molecule has 87 valence electrons. The third-order valence-corrected chi connectivity index (χ3v) is 2.33. The molecule has 0 spiro atoms. The first-order valence-electron chi connectivity index (χ1n) is 5.48. The monoisotopic (exact) mass is 301 g/mol. The van der Waals surface area contributed by atoms with Gasteiger partial charge in [0.2, 0.25) is 0 Å². The van der Waals surface area contributed by atoms with Crippen molar-refractivity contribution in [3.8, 4) is 0 Å². The summed E-state index contributed by atoms with van der Waals surface area (Å²) in [6.45, 7) is 6.54. The van der Waals surface area contributed by atoms with Crippen LogP contribution in [-0.2, 0) is 19.5 Å². The largest absolute Gasteiger partial charge is 1.00 e. The molecule has 0 bridgehead atoms. The molecular weight excluding hydrogens is 281 g/mol. The van der Waals surface area contributed by atoms with Gasteiger partial charge in [0, 0.05) is 0 Å². The fraction of sp³-hybridized carbons (Fsp3) is 0.333. The van der Waals surface area contributed by atoms with Gasteiger partial charge in [-0.3, -0.25) is 6.08 Å². The van der Waals surface area contributed by atoms with Gasteiger partial charge in [-0.25, -0.2) is 12.2 Å². The van der Waals surface area contributed by atoms with Gasteiger partial charge >= 0.3 is 19.5 Å². The Hall–Kier alpha value is -0.677. The number of allylic oxidation sites excluding steroid dienone is 4. The van der Waals surface area contributed by atoms with Gasteiger partial charge < -0.3 is 0 Å². The first-order chi connectivity index (χ1) is 7.20. The molecule has 0 heterocycles. The van der Waals surface area contributed by atoms with Crippen molar-refractivity contribution in [3.63, 3.8) is 0 Å². The minimum absolute atomic E-state index is 0. The second kappa shape index (κ2) is 8.47. The summed E-state index contributed by atoms with van der Waals surface area (Å²) in [5, 5.41) is 0. The smallest absolute Gasteiger partial charge is 0.273 e. The molecule has 16 heavy (non-hydrogen) atoms. The van der Waals surface area contributed by atoms with Crippen LogP contribution >= 0.6 is 0 Å². The second-order valence-electron chi connectivity index (χ2n) is 4.07. The van der Waals surface area contributed by atoms with Crippen LogP contribution in [0.4, 0.5) is 0 Å². The molecular formula is C15H19Ru. The molecule has 2 rings (SSSR count). The summed E-state index contributed by atoms with van der Waals surface area (Å²) in [6.07, 6.45) is 10.0. The van der Waals surface area contributed by atoms with Crippen LogP contribution in [-0.4, -0.2) is 0 Å². The van der Waals surface area contributed by atoms with Crippen molar-refractivity contribution >= 4 is 0 Å². The fourth-order valence-corrected chi connectivity index (χ4v) is 1.29. The molecule has 0 saturated carbocycles. The van der Waals surface area contributed by atoms with Crippen LogP contribution < -0.4 is 0 Å². The topological polar surface area (TPSA) is 0 Å². The van der Waals surface area contributed by atoms with Gasteiger partial charge in [0.1, 0.15) is 0 Å². The SMILES string of the molecule is Cc1ccc(C(C)C)cc1.[C-]1=CC=CC1.[Ru+]. The molecule has 1 aliphatic carbocycles. The van der Waals surface area contributed by atoms with Crippen molar-refractivity contribution in [2.24, 2.45) is 0 Å². The Balaban J connectivity index is 0.000000318. The fourth-order valence-electron chi connectivity index (χ4n) is 1.29. The predicted molar refractivity (Wildman–Crippen MR) is 66.8 cm³/mol. The molecule has 0 amide bonds. The molecule has 0 saturated heterocycles. The van der Waals surface area contributed by atoms with Crippen molar-refractivity contribution in [3.05, 3.63) is 59.7 Å². The number of hydrogen-bond donors (Lipinski definition) is 0. The molecule has 0 nitrogen and oxygen atoms in total. The van der Waals surface area contributed by atoms with Crippen LogP contribution in [0.5, 0.6) is 0 Å². The zero-order chi connectivity index (χ0) is 11.1. The first-order valence-corrected chi connectivity index (χ1v) is 5.48. The summed E-state index contributed by atoms with van der Waals surface area (Å²) in [5.41, 5.74) is 2.76. The van der Waals surface area contributed by atoms with Crippen molar-refractivity contribution in [1.29, 1.82) is 0 Å². The molecule has 1 aliphatic rings. The van der Waals surface area contributed by atoms with Crippen molar-refractivity contribution in [2.45, 2.75) is 33.1 Å². The molecule has 1 heteroatoms. The van der Waals surface area contributed by atoms with Crippen LogP contribution in [0.25, 0.3) is 0 Å². The van der Waals surface area contributed by atoms with Crippen LogP contribution in [0, 0.1) is 13.0 Å². The van der Waals surface area contributed by atoms with E-state index in [0.717, 1.165) is 6.42 Å². The van der Waals surface area contributed by atoms with E-state index in [9.17, 15) is 0 Å². The van der Waals surface area contributed by atoms with E-state index in [4.69, 9.17) is 0 Å². The van der Waals surface area contributed by atoms with Crippen molar-refractivity contribution < 1.29 is 19.5 Å². The summed E-state index contributed by atoms with van der Waals surface area (Å²) in [6, 6.07) is 8.71. The van der Waals surface area contributed by atoms with E-state index in [-0.39, 0.29) is 19.5 Å². The molecule has 0 N–H and O–H groups in total. The predicted octanol–water partition coefficient (Wildman–Crippen LogP) is 4.42. The summed E-state index contributed by atoms with van der Waals surface area (Å²) in [7, 11) is 0. The summed E-state index contributed by atoms with van der Waals surface area (Å²) >= 11 is 0. The molecule has 0 atom stereocenters. The Morgan fingerprint density at radius 3 is 2.06 bits per heavy atom. The van der Waals surface area contributed by atoms with Gasteiger partial charge in [-0.2, -0.15) is 6.08 Å². The minimum Gasteiger partial charge on any atom is -0.273 e. The van der Waals surface area contributed by atoms with Crippen LogP contribution in [0.3, 0.4) is 0 Å². The maximum absolute atomic E-state index is 2.99. The molecule has 0 fully saturated rings. The number of rotatable bonds is 1. The molecule has 0 aliphatic heterocycles. The van der Waals surface area contributed by atoms with E-state index in [0.29, 0.717) is 5.92 Å². The van der Waals surface area contributed by atoms with Gasteiger partial charge in [-0.15, -0.1) is 6.42 Å². The van der Waals surface area contributed by atoms with E-state index in [2.05, 4.69) is 57.2 Å². The average molecular weight is 300 g/mol. The van der Waals surface area contributed by atoms with Gasteiger partial charge in [-0.1, -0.05) is 43.7 Å². The first kappa shape index (κ1) is 15.3. The summed E-state index contributed by atoms with van der Waals surface area (Å²) < 4.78 is 0. The maximum atomic E-state index is 2.99. The Morgan fingerprint density at radius 1 is 1.12 bits per heavy atom. The van der Waals surface area contributed by atoms with E-state index >= 15 is 0 Å². The zero-order valence-electron chi connectivity index (χ0n) is 10.2. The van der Waals surface area contributed by atoms with Gasteiger partial charge in [0.25, 0.3) is 0 Å². The Kier molecular flexibility index (Phi) is 8.11. The average Bonchev–Trinajstić information content (AvgIpc) is 2.76. The van der Waals surface area contributed by atoms with E-state index in [1.54, 1.807) is 0 Å². The minimum atomic E-state index is 0. The van der Waals surface area contributed by atoms with E-state index in [1.165, 1.54) is 11.1 Å². The standard InChI is InChI=1S/C10H14.C5H5.Ru/c1-8(2)10-6-4-9(3)5-7-10;1-2-4-5-3-1;/h4-8H,1-3H3;1-3H,4H2;/q;-1;+1. The third kappa shape index (κ3) is 6.03. The quantitative estimate of drug-likeness (QED) is 0.532. The molecule has 0 unspecified atom stereocenters. The summed E-state index contributed by atoms with van der Waals surface area (Å²) in [5.74, 6) is 0.653. The molecule has 1 radical (unpaired) electrons. The Bertz CT molecular complexity index is 321. The number of aryl methyl sites for hydroxylation is 1. The number of benzene rings is 1. The van der Waals surface area contributed by atoms with Crippen molar-refractivity contribution in [1.82, 2.24) is 0 Å². The van der Waals surface area contributed by atoms with E-state index in [1.807, 2.05) is 12.2 Å². The van der Waals surface area contributed by atoms with Gasteiger partial charge in [0.05, 0.1) is 0 Å². The molecule has 1 aromatic rings. The van der Waals surface area contributed by atoms with Gasteiger partial charge in [0.15, 0.2) is 0 Å². The molecule has 0 aromatic heterocycles. The normalized spacial score (nSPS) is 12.0. The van der Waals surface area contributed by atoms with E-state index < -0.39 is 0 Å². The zero-order valence-corrected chi connectivity index (χ0v) is 11.9. The Morgan fingerprint density at radius 2 is 1.75 bits per heavy atom. The molecule has 1 aromatic carbocycles. The third-order valence-electron chi connectivity index (χ3n) is 2.33. The van der Waals surface area contributed by atoms with Crippen LogP contribution in [0.2, 0.25) is 0 Å². The Labute approximate surface area is 112 Å². The summed E-state index contributed by atoms with van der Waals surface area (Å²) in [4.78, 5) is 0. The van der Waals surface area contributed by atoms with Gasteiger partial charge in [-0.05, 0) is 18.4 Å².